The molecule has 0 fully saturated rings. The molecule has 1 aromatic carbocycles. The molecule has 0 saturated heterocycles. The van der Waals surface area contributed by atoms with Crippen LogP contribution in [0.1, 0.15) is 27.3 Å². The minimum absolute atomic E-state index is 0.0658. The van der Waals surface area contributed by atoms with Crippen molar-refractivity contribution in [1.29, 1.82) is 0 Å². The second-order valence-electron chi connectivity index (χ2n) is 4.81. The molecule has 0 aliphatic rings. The molecule has 0 bridgehead atoms. The summed E-state index contributed by atoms with van der Waals surface area (Å²) in [6.07, 6.45) is 0. The normalized spacial score (nSPS) is 11.3. The number of hydrogen-bond acceptors (Lipinski definition) is 3. The molecule has 0 spiro atoms. The van der Waals surface area contributed by atoms with E-state index < -0.39 is 16.0 Å². The molecule has 0 amide bonds. The number of nitrogens with zero attached hydrogens (tertiary/aromatic N) is 1. The fraction of sp³-hybridized carbons (Fsp3) is 0.214. The Morgan fingerprint density at radius 3 is 2.38 bits per heavy atom. The molecule has 0 unspecified atom stereocenters. The van der Waals surface area contributed by atoms with Crippen LogP contribution in [0.3, 0.4) is 0 Å². The topological polar surface area (TPSA) is 88.4 Å². The van der Waals surface area contributed by atoms with Gasteiger partial charge in [0.15, 0.2) is 0 Å². The zero-order chi connectivity index (χ0) is 15.6. The van der Waals surface area contributed by atoms with E-state index >= 15 is 0 Å². The lowest BCUT2D eigenvalue weighted by atomic mass is 10.1. The van der Waals surface area contributed by atoms with Crippen LogP contribution >= 0.6 is 0 Å². The number of aromatic carboxylic acids is 1. The lowest BCUT2D eigenvalue weighted by molar-refractivity contribution is 0.0696. The summed E-state index contributed by atoms with van der Waals surface area (Å²) < 4.78 is 25.8. The van der Waals surface area contributed by atoms with Crippen molar-refractivity contribution in [3.05, 3.63) is 58.9 Å². The molecule has 0 atom stereocenters. The molecular weight excluding hydrogens is 292 g/mol. The van der Waals surface area contributed by atoms with Crippen molar-refractivity contribution in [3.8, 4) is 0 Å². The zero-order valence-corrected chi connectivity index (χ0v) is 12.5. The highest BCUT2D eigenvalue weighted by Gasteiger charge is 2.15. The Kier molecular flexibility index (Phi) is 4.04. The molecule has 0 aliphatic heterocycles. The van der Waals surface area contributed by atoms with Gasteiger partial charge in [-0.1, -0.05) is 12.1 Å². The van der Waals surface area contributed by atoms with Crippen molar-refractivity contribution in [1.82, 2.24) is 4.68 Å². The van der Waals surface area contributed by atoms with E-state index in [9.17, 15) is 13.2 Å². The van der Waals surface area contributed by atoms with E-state index in [1.807, 2.05) is 12.1 Å². The van der Waals surface area contributed by atoms with Crippen LogP contribution in [0, 0.1) is 13.8 Å². The molecule has 112 valence electrons. The van der Waals surface area contributed by atoms with Crippen LogP contribution in [0.15, 0.2) is 36.4 Å². The maximum absolute atomic E-state index is 12.2. The third-order valence-corrected chi connectivity index (χ3v) is 4.21. The maximum atomic E-state index is 12.2. The Morgan fingerprint density at radius 2 is 1.81 bits per heavy atom. The van der Waals surface area contributed by atoms with Gasteiger partial charge >= 0.3 is 5.97 Å². The Labute approximate surface area is 123 Å². The van der Waals surface area contributed by atoms with Gasteiger partial charge in [-0.25, -0.2) is 18.0 Å². The second-order valence-corrected chi connectivity index (χ2v) is 6.51. The molecule has 0 aliphatic carbocycles. The van der Waals surface area contributed by atoms with Crippen LogP contribution in [-0.4, -0.2) is 24.2 Å². The number of carboxylic acid groups (broad SMARTS) is 1. The summed E-state index contributed by atoms with van der Waals surface area (Å²) in [5.74, 6) is -1.37. The molecule has 7 heteroatoms. The van der Waals surface area contributed by atoms with E-state index in [0.29, 0.717) is 5.56 Å². The molecular formula is C14H16N2O4S. The number of benzene rings is 1. The van der Waals surface area contributed by atoms with E-state index in [1.165, 1.54) is 22.9 Å². The van der Waals surface area contributed by atoms with Gasteiger partial charge in [-0.3, -0.25) is 4.68 Å². The van der Waals surface area contributed by atoms with Crippen molar-refractivity contribution in [2.75, 3.05) is 4.83 Å². The number of carbonyl (C=O) groups is 1. The number of aryl methyl sites for hydroxylation is 2. The first kappa shape index (κ1) is 15.1. The van der Waals surface area contributed by atoms with E-state index in [-0.39, 0.29) is 11.3 Å². The van der Waals surface area contributed by atoms with Gasteiger partial charge in [0.2, 0.25) is 10.0 Å². The molecule has 0 saturated carbocycles. The van der Waals surface area contributed by atoms with Gasteiger partial charge in [0, 0.05) is 11.4 Å². The average Bonchev–Trinajstić information content (AvgIpc) is 2.70. The van der Waals surface area contributed by atoms with Crippen LogP contribution in [0.5, 0.6) is 0 Å². The van der Waals surface area contributed by atoms with Gasteiger partial charge < -0.3 is 5.11 Å². The first-order chi connectivity index (χ1) is 9.78. The number of rotatable bonds is 5. The lowest BCUT2D eigenvalue weighted by Crippen LogP contribution is -2.26. The van der Waals surface area contributed by atoms with Crippen molar-refractivity contribution in [2.45, 2.75) is 19.6 Å². The third-order valence-electron chi connectivity index (χ3n) is 3.03. The summed E-state index contributed by atoms with van der Waals surface area (Å²) in [5.41, 5.74) is 2.03. The highest BCUT2D eigenvalue weighted by atomic mass is 32.2. The van der Waals surface area contributed by atoms with Crippen LogP contribution in [0.4, 0.5) is 0 Å². The fourth-order valence-corrected chi connectivity index (χ4v) is 3.25. The highest BCUT2D eigenvalue weighted by molar-refractivity contribution is 7.91. The average molecular weight is 308 g/mol. The summed E-state index contributed by atoms with van der Waals surface area (Å²) in [6.45, 7) is 3.58. The molecule has 2 rings (SSSR count). The number of hydrogen-bond donors (Lipinski definition) is 2. The Hall–Kier alpha value is -2.28. The Balaban J connectivity index is 2.22. The fourth-order valence-electron chi connectivity index (χ4n) is 2.00. The van der Waals surface area contributed by atoms with Crippen LogP contribution in [-0.2, 0) is 15.8 Å². The zero-order valence-electron chi connectivity index (χ0n) is 11.7. The molecule has 1 heterocycles. The summed E-state index contributed by atoms with van der Waals surface area (Å²) in [7, 11) is -3.63. The number of aromatic nitrogens is 1. The number of nitrogens with one attached hydrogen (secondary N) is 1. The highest BCUT2D eigenvalue weighted by Crippen LogP contribution is 2.11. The predicted octanol–water partition coefficient (Wildman–Crippen LogP) is 1.88. The summed E-state index contributed by atoms with van der Waals surface area (Å²) in [5, 5.41) is 8.92. The molecule has 6 nitrogen and oxygen atoms in total. The minimum atomic E-state index is -3.63. The van der Waals surface area contributed by atoms with Gasteiger partial charge in [-0.05, 0) is 43.7 Å². The molecule has 2 aromatic rings. The van der Waals surface area contributed by atoms with Gasteiger partial charge in [0.25, 0.3) is 0 Å². The van der Waals surface area contributed by atoms with Gasteiger partial charge in [0.05, 0.1) is 11.3 Å². The lowest BCUT2D eigenvalue weighted by Gasteiger charge is -2.13. The largest absolute Gasteiger partial charge is 0.478 e. The van der Waals surface area contributed by atoms with Crippen molar-refractivity contribution < 1.29 is 18.3 Å². The van der Waals surface area contributed by atoms with E-state index in [1.54, 1.807) is 19.9 Å². The summed E-state index contributed by atoms with van der Waals surface area (Å²) >= 11 is 0. The quantitative estimate of drug-likeness (QED) is 0.882. The molecule has 0 radical (unpaired) electrons. The van der Waals surface area contributed by atoms with E-state index in [0.717, 1.165) is 11.4 Å². The SMILES string of the molecule is Cc1ccc(C)n1NS(=O)(=O)Cc1cccc(C(=O)O)c1. The third kappa shape index (κ3) is 3.63. The summed E-state index contributed by atoms with van der Waals surface area (Å²) in [6, 6.07) is 9.51. The van der Waals surface area contributed by atoms with E-state index in [4.69, 9.17) is 5.11 Å². The van der Waals surface area contributed by atoms with Crippen molar-refractivity contribution in [2.24, 2.45) is 0 Å². The first-order valence-corrected chi connectivity index (χ1v) is 7.91. The molecule has 21 heavy (non-hydrogen) atoms. The van der Waals surface area contributed by atoms with Crippen molar-refractivity contribution >= 4 is 16.0 Å². The van der Waals surface area contributed by atoms with Crippen LogP contribution < -0.4 is 4.83 Å². The second kappa shape index (κ2) is 5.61. The van der Waals surface area contributed by atoms with Gasteiger partial charge in [0.1, 0.15) is 0 Å². The molecule has 2 N–H and O–H groups in total. The van der Waals surface area contributed by atoms with Gasteiger partial charge in [-0.2, -0.15) is 0 Å². The maximum Gasteiger partial charge on any atom is 0.335 e. The summed E-state index contributed by atoms with van der Waals surface area (Å²) in [4.78, 5) is 13.4. The monoisotopic (exact) mass is 308 g/mol. The minimum Gasteiger partial charge on any atom is -0.478 e. The smallest absolute Gasteiger partial charge is 0.335 e. The standard InChI is InChI=1S/C14H16N2O4S/c1-10-6-7-11(2)16(10)15-21(19,20)9-12-4-3-5-13(8-12)14(17)18/h3-8,15H,9H2,1-2H3,(H,17,18). The predicted molar refractivity (Wildman–Crippen MR) is 79.3 cm³/mol. The van der Waals surface area contributed by atoms with Crippen LogP contribution in [0.25, 0.3) is 0 Å². The Morgan fingerprint density at radius 1 is 1.19 bits per heavy atom. The number of carboxylic acids is 1. The molecule has 1 aromatic heterocycles. The number of sulfonamides is 1. The van der Waals surface area contributed by atoms with Gasteiger partial charge in [-0.15, -0.1) is 0 Å². The first-order valence-electron chi connectivity index (χ1n) is 6.26. The Bertz CT molecular complexity index is 759. The van der Waals surface area contributed by atoms with E-state index in [2.05, 4.69) is 4.83 Å². The van der Waals surface area contributed by atoms with Crippen LogP contribution in [0.2, 0.25) is 0 Å². The van der Waals surface area contributed by atoms with Crippen molar-refractivity contribution in [3.63, 3.8) is 0 Å².